The lowest BCUT2D eigenvalue weighted by Gasteiger charge is -2.20. The molecule has 2 heterocycles. The first kappa shape index (κ1) is 14.4. The maximum atomic E-state index is 12.4. The van der Waals surface area contributed by atoms with E-state index in [0.29, 0.717) is 23.7 Å². The summed E-state index contributed by atoms with van der Waals surface area (Å²) in [5.74, 6) is 1.18. The second kappa shape index (κ2) is 5.72. The quantitative estimate of drug-likeness (QED) is 0.918. The Labute approximate surface area is 126 Å². The molecule has 5 heteroatoms. The maximum absolute atomic E-state index is 12.4. The van der Waals surface area contributed by atoms with Gasteiger partial charge in [-0.15, -0.1) is 0 Å². The van der Waals surface area contributed by atoms with E-state index in [9.17, 15) is 4.79 Å². The van der Waals surface area contributed by atoms with Crippen LogP contribution in [0.3, 0.4) is 0 Å². The average molecular weight is 288 g/mol. The van der Waals surface area contributed by atoms with Gasteiger partial charge in [0.15, 0.2) is 0 Å². The minimum atomic E-state index is -0.139. The van der Waals surface area contributed by atoms with Crippen molar-refractivity contribution in [3.8, 4) is 0 Å². The molecule has 2 atom stereocenters. The Hall–Kier alpha value is -1.49. The van der Waals surface area contributed by atoms with Gasteiger partial charge < -0.3 is 5.32 Å². The minimum absolute atomic E-state index is 0.139. The number of nitrogens with one attached hydrogen (secondary N) is 1. The van der Waals surface area contributed by atoms with Gasteiger partial charge in [0, 0.05) is 43.0 Å². The zero-order valence-electron chi connectivity index (χ0n) is 13.0. The Morgan fingerprint density at radius 1 is 1.38 bits per heavy atom. The SMILES string of the molecule is CC1CN(C(C)C)CC1NC(=O)c1nccc(C2CC2)n1. The molecule has 5 nitrogen and oxygen atoms in total. The van der Waals surface area contributed by atoms with Crippen molar-refractivity contribution >= 4 is 5.91 Å². The van der Waals surface area contributed by atoms with E-state index in [1.807, 2.05) is 6.07 Å². The molecule has 2 fully saturated rings. The monoisotopic (exact) mass is 288 g/mol. The molecule has 0 radical (unpaired) electrons. The average Bonchev–Trinajstić information content (AvgIpc) is 3.24. The number of carbonyl (C=O) groups excluding carboxylic acids is 1. The van der Waals surface area contributed by atoms with Crippen molar-refractivity contribution in [2.45, 2.75) is 51.6 Å². The van der Waals surface area contributed by atoms with Crippen molar-refractivity contribution in [2.24, 2.45) is 5.92 Å². The maximum Gasteiger partial charge on any atom is 0.289 e. The third kappa shape index (κ3) is 3.23. The fraction of sp³-hybridized carbons (Fsp3) is 0.688. The normalized spacial score (nSPS) is 26.3. The molecule has 1 saturated carbocycles. The van der Waals surface area contributed by atoms with Gasteiger partial charge in [-0.25, -0.2) is 9.97 Å². The summed E-state index contributed by atoms with van der Waals surface area (Å²) in [7, 11) is 0. The molecule has 0 aromatic carbocycles. The van der Waals surface area contributed by atoms with Gasteiger partial charge >= 0.3 is 0 Å². The lowest BCUT2D eigenvalue weighted by atomic mass is 10.1. The van der Waals surface area contributed by atoms with Gasteiger partial charge in [-0.05, 0) is 38.7 Å². The van der Waals surface area contributed by atoms with E-state index < -0.39 is 0 Å². The Bertz CT molecular complexity index is 527. The van der Waals surface area contributed by atoms with Crippen LogP contribution in [0.2, 0.25) is 0 Å². The molecule has 114 valence electrons. The summed E-state index contributed by atoms with van der Waals surface area (Å²) in [5, 5.41) is 3.11. The molecule has 1 aromatic rings. The Kier molecular flexibility index (Phi) is 3.93. The summed E-state index contributed by atoms with van der Waals surface area (Å²) in [6, 6.07) is 2.63. The van der Waals surface area contributed by atoms with E-state index in [0.717, 1.165) is 18.8 Å². The highest BCUT2D eigenvalue weighted by Gasteiger charge is 2.32. The van der Waals surface area contributed by atoms with Gasteiger partial charge in [-0.2, -0.15) is 0 Å². The van der Waals surface area contributed by atoms with Crippen LogP contribution in [0.5, 0.6) is 0 Å². The lowest BCUT2D eigenvalue weighted by molar-refractivity contribution is 0.0919. The molecule has 1 aromatic heterocycles. The van der Waals surface area contributed by atoms with Crippen molar-refractivity contribution in [1.82, 2.24) is 20.2 Å². The third-order valence-electron chi connectivity index (χ3n) is 4.56. The van der Waals surface area contributed by atoms with Gasteiger partial charge in [-0.1, -0.05) is 6.92 Å². The first-order chi connectivity index (χ1) is 10.0. The molecule has 3 rings (SSSR count). The fourth-order valence-electron chi connectivity index (χ4n) is 2.94. The number of likely N-dealkylation sites (tertiary alicyclic amines) is 1. The topological polar surface area (TPSA) is 58.1 Å². The summed E-state index contributed by atoms with van der Waals surface area (Å²) in [5.41, 5.74) is 1.01. The summed E-state index contributed by atoms with van der Waals surface area (Å²) in [4.78, 5) is 23.3. The lowest BCUT2D eigenvalue weighted by Crippen LogP contribution is -2.41. The molecule has 1 amide bonds. The zero-order valence-corrected chi connectivity index (χ0v) is 13.0. The van der Waals surface area contributed by atoms with Crippen LogP contribution >= 0.6 is 0 Å². The van der Waals surface area contributed by atoms with Gasteiger partial charge in [0.25, 0.3) is 5.91 Å². The van der Waals surface area contributed by atoms with Crippen molar-refractivity contribution in [3.05, 3.63) is 23.8 Å². The van der Waals surface area contributed by atoms with E-state index >= 15 is 0 Å². The van der Waals surface area contributed by atoms with Crippen LogP contribution in [0.25, 0.3) is 0 Å². The highest BCUT2D eigenvalue weighted by Crippen LogP contribution is 2.38. The van der Waals surface area contributed by atoms with Gasteiger partial charge in [0.2, 0.25) is 5.82 Å². The molecule has 1 N–H and O–H groups in total. The fourth-order valence-corrected chi connectivity index (χ4v) is 2.94. The van der Waals surface area contributed by atoms with E-state index in [4.69, 9.17) is 0 Å². The molecule has 0 bridgehead atoms. The molecule has 0 spiro atoms. The molecule has 1 aliphatic heterocycles. The van der Waals surface area contributed by atoms with Crippen molar-refractivity contribution in [3.63, 3.8) is 0 Å². The number of aromatic nitrogens is 2. The largest absolute Gasteiger partial charge is 0.345 e. The molecule has 1 saturated heterocycles. The summed E-state index contributed by atoms with van der Waals surface area (Å²) < 4.78 is 0. The van der Waals surface area contributed by atoms with E-state index in [2.05, 4.69) is 41.0 Å². The minimum Gasteiger partial charge on any atom is -0.345 e. The standard InChI is InChI=1S/C16H24N4O/c1-10(2)20-8-11(3)14(9-20)19-16(21)15-17-7-6-13(18-15)12-4-5-12/h6-7,10-12,14H,4-5,8-9H2,1-3H3,(H,19,21). The highest BCUT2D eigenvalue weighted by molar-refractivity contribution is 5.90. The number of amides is 1. The summed E-state index contributed by atoms with van der Waals surface area (Å²) in [6.07, 6.45) is 4.07. The van der Waals surface area contributed by atoms with Crippen LogP contribution in [0.15, 0.2) is 12.3 Å². The van der Waals surface area contributed by atoms with Crippen LogP contribution in [-0.2, 0) is 0 Å². The van der Waals surface area contributed by atoms with Crippen molar-refractivity contribution < 1.29 is 4.79 Å². The number of hydrogen-bond acceptors (Lipinski definition) is 4. The second-order valence-corrected chi connectivity index (χ2v) is 6.68. The highest BCUT2D eigenvalue weighted by atomic mass is 16.2. The molecular weight excluding hydrogens is 264 g/mol. The Balaban J connectivity index is 1.64. The molecule has 21 heavy (non-hydrogen) atoms. The van der Waals surface area contributed by atoms with E-state index in [1.54, 1.807) is 6.20 Å². The van der Waals surface area contributed by atoms with Gasteiger partial charge in [0.1, 0.15) is 0 Å². The van der Waals surface area contributed by atoms with Crippen LogP contribution in [0.1, 0.15) is 55.8 Å². The predicted molar refractivity (Wildman–Crippen MR) is 81.1 cm³/mol. The Morgan fingerprint density at radius 3 is 2.76 bits per heavy atom. The van der Waals surface area contributed by atoms with Crippen LogP contribution in [-0.4, -0.2) is 45.9 Å². The second-order valence-electron chi connectivity index (χ2n) is 6.68. The number of hydrogen-bond donors (Lipinski definition) is 1. The molecular formula is C16H24N4O. The summed E-state index contributed by atoms with van der Waals surface area (Å²) >= 11 is 0. The number of carbonyl (C=O) groups is 1. The van der Waals surface area contributed by atoms with Crippen LogP contribution in [0.4, 0.5) is 0 Å². The smallest absolute Gasteiger partial charge is 0.289 e. The Morgan fingerprint density at radius 2 is 2.14 bits per heavy atom. The van der Waals surface area contributed by atoms with Crippen LogP contribution < -0.4 is 5.32 Å². The first-order valence-corrected chi connectivity index (χ1v) is 7.92. The van der Waals surface area contributed by atoms with Crippen molar-refractivity contribution in [2.75, 3.05) is 13.1 Å². The van der Waals surface area contributed by atoms with Crippen LogP contribution in [0, 0.1) is 5.92 Å². The van der Waals surface area contributed by atoms with Gasteiger partial charge in [-0.3, -0.25) is 9.69 Å². The first-order valence-electron chi connectivity index (χ1n) is 7.92. The predicted octanol–water partition coefficient (Wildman–Crippen LogP) is 1.81. The van der Waals surface area contributed by atoms with E-state index in [1.165, 1.54) is 12.8 Å². The van der Waals surface area contributed by atoms with Gasteiger partial charge in [0.05, 0.1) is 0 Å². The number of nitrogens with zero attached hydrogens (tertiary/aromatic N) is 3. The summed E-state index contributed by atoms with van der Waals surface area (Å²) in [6.45, 7) is 8.52. The molecule has 1 aliphatic carbocycles. The molecule has 2 unspecified atom stereocenters. The zero-order chi connectivity index (χ0) is 15.0. The third-order valence-corrected chi connectivity index (χ3v) is 4.56. The van der Waals surface area contributed by atoms with Crippen molar-refractivity contribution in [1.29, 1.82) is 0 Å². The van der Waals surface area contributed by atoms with E-state index in [-0.39, 0.29) is 11.9 Å². The number of rotatable bonds is 4. The molecule has 2 aliphatic rings.